The molecule has 4 nitrogen and oxygen atoms in total. The van der Waals surface area contributed by atoms with Crippen LogP contribution in [-0.4, -0.2) is 9.55 Å². The Bertz CT molecular complexity index is 357. The van der Waals surface area contributed by atoms with Gasteiger partial charge < -0.3 is 10.3 Å². The van der Waals surface area contributed by atoms with E-state index in [4.69, 9.17) is 5.73 Å². The maximum atomic E-state index is 11.1. The van der Waals surface area contributed by atoms with Crippen LogP contribution >= 0.6 is 0 Å². The van der Waals surface area contributed by atoms with Crippen LogP contribution in [0.3, 0.4) is 0 Å². The molecule has 0 aromatic carbocycles. The molecule has 14 heavy (non-hydrogen) atoms. The Balaban J connectivity index is 2.77. The van der Waals surface area contributed by atoms with Crippen LogP contribution in [0.5, 0.6) is 0 Å². The quantitative estimate of drug-likeness (QED) is 0.732. The molecule has 1 heterocycles. The predicted octanol–water partition coefficient (Wildman–Crippen LogP) is 1.10. The van der Waals surface area contributed by atoms with Crippen LogP contribution in [0.15, 0.2) is 11.0 Å². The van der Waals surface area contributed by atoms with Gasteiger partial charge in [0, 0.05) is 18.8 Å². The Labute approximate surface area is 83.8 Å². The Morgan fingerprint density at radius 3 is 2.86 bits per heavy atom. The van der Waals surface area contributed by atoms with Crippen LogP contribution < -0.4 is 11.4 Å². The maximum Gasteiger partial charge on any atom is 0.349 e. The third kappa shape index (κ3) is 2.58. The number of nitrogens with two attached hydrogens (primary N) is 1. The number of aryl methyl sites for hydroxylation is 2. The molecule has 0 spiro atoms. The standard InChI is InChI=1S/C10H17N3O/c1-3-4-5-6-8-7-13(2)10(14)12-9(8)11/h7H,3-6H2,1-2H3,(H2,11,12,14). The van der Waals surface area contributed by atoms with E-state index in [1.165, 1.54) is 17.4 Å². The van der Waals surface area contributed by atoms with E-state index in [0.29, 0.717) is 5.82 Å². The van der Waals surface area contributed by atoms with Crippen molar-refractivity contribution in [2.24, 2.45) is 7.05 Å². The van der Waals surface area contributed by atoms with Gasteiger partial charge in [-0.1, -0.05) is 19.8 Å². The third-order valence-corrected chi connectivity index (χ3v) is 2.25. The van der Waals surface area contributed by atoms with E-state index >= 15 is 0 Å². The van der Waals surface area contributed by atoms with Crippen molar-refractivity contribution in [2.75, 3.05) is 5.73 Å². The predicted molar refractivity (Wildman–Crippen MR) is 57.1 cm³/mol. The summed E-state index contributed by atoms with van der Waals surface area (Å²) in [7, 11) is 1.69. The van der Waals surface area contributed by atoms with Gasteiger partial charge in [0.05, 0.1) is 0 Å². The topological polar surface area (TPSA) is 60.9 Å². The molecule has 0 bridgehead atoms. The molecule has 0 radical (unpaired) electrons. The fourth-order valence-corrected chi connectivity index (χ4v) is 1.37. The van der Waals surface area contributed by atoms with Gasteiger partial charge in [-0.15, -0.1) is 0 Å². The van der Waals surface area contributed by atoms with Crippen molar-refractivity contribution >= 4 is 5.82 Å². The molecule has 0 fully saturated rings. The van der Waals surface area contributed by atoms with Crippen molar-refractivity contribution in [1.82, 2.24) is 9.55 Å². The summed E-state index contributed by atoms with van der Waals surface area (Å²) in [5, 5.41) is 0. The number of hydrogen-bond donors (Lipinski definition) is 1. The van der Waals surface area contributed by atoms with E-state index in [2.05, 4.69) is 11.9 Å². The lowest BCUT2D eigenvalue weighted by Crippen LogP contribution is -2.22. The van der Waals surface area contributed by atoms with Crippen LogP contribution in [0.2, 0.25) is 0 Å². The average molecular weight is 195 g/mol. The number of nitrogens with zero attached hydrogens (tertiary/aromatic N) is 2. The summed E-state index contributed by atoms with van der Waals surface area (Å²) in [4.78, 5) is 14.8. The summed E-state index contributed by atoms with van der Waals surface area (Å²) in [6, 6.07) is 0. The molecule has 78 valence electrons. The lowest BCUT2D eigenvalue weighted by Gasteiger charge is -2.05. The van der Waals surface area contributed by atoms with Gasteiger partial charge >= 0.3 is 5.69 Å². The summed E-state index contributed by atoms with van der Waals surface area (Å²) >= 11 is 0. The second-order valence-electron chi connectivity index (χ2n) is 3.50. The minimum Gasteiger partial charge on any atom is -0.383 e. The molecular formula is C10H17N3O. The molecular weight excluding hydrogens is 178 g/mol. The largest absolute Gasteiger partial charge is 0.383 e. The first-order chi connectivity index (χ1) is 6.65. The summed E-state index contributed by atoms with van der Waals surface area (Å²) in [5.74, 6) is 0.379. The minimum atomic E-state index is -0.290. The average Bonchev–Trinajstić information content (AvgIpc) is 2.14. The third-order valence-electron chi connectivity index (χ3n) is 2.25. The van der Waals surface area contributed by atoms with Crippen molar-refractivity contribution in [3.05, 3.63) is 22.2 Å². The summed E-state index contributed by atoms with van der Waals surface area (Å²) in [5.41, 5.74) is 6.33. The fraction of sp³-hybridized carbons (Fsp3) is 0.600. The van der Waals surface area contributed by atoms with Gasteiger partial charge in [-0.25, -0.2) is 4.79 Å². The highest BCUT2D eigenvalue weighted by atomic mass is 16.1. The van der Waals surface area contributed by atoms with Crippen molar-refractivity contribution in [1.29, 1.82) is 0 Å². The van der Waals surface area contributed by atoms with Gasteiger partial charge in [0.25, 0.3) is 0 Å². The molecule has 2 N–H and O–H groups in total. The van der Waals surface area contributed by atoms with Crippen molar-refractivity contribution < 1.29 is 0 Å². The van der Waals surface area contributed by atoms with Gasteiger partial charge in [-0.05, 0) is 12.8 Å². The normalized spacial score (nSPS) is 10.4. The van der Waals surface area contributed by atoms with E-state index in [-0.39, 0.29) is 5.69 Å². The number of aromatic nitrogens is 2. The summed E-state index contributed by atoms with van der Waals surface area (Å²) in [6.45, 7) is 2.16. The first-order valence-electron chi connectivity index (χ1n) is 4.97. The van der Waals surface area contributed by atoms with Crippen molar-refractivity contribution in [2.45, 2.75) is 32.6 Å². The summed E-state index contributed by atoms with van der Waals surface area (Å²) in [6.07, 6.45) is 6.14. The van der Waals surface area contributed by atoms with Gasteiger partial charge in [0.2, 0.25) is 0 Å². The molecule has 0 atom stereocenters. The second kappa shape index (κ2) is 4.79. The number of anilines is 1. The van der Waals surface area contributed by atoms with Crippen LogP contribution in [0.25, 0.3) is 0 Å². The Kier molecular flexibility index (Phi) is 3.68. The molecule has 1 aromatic heterocycles. The van der Waals surface area contributed by atoms with E-state index in [1.807, 2.05) is 0 Å². The Hall–Kier alpha value is -1.32. The second-order valence-corrected chi connectivity index (χ2v) is 3.50. The van der Waals surface area contributed by atoms with E-state index < -0.39 is 0 Å². The van der Waals surface area contributed by atoms with Crippen molar-refractivity contribution in [3.63, 3.8) is 0 Å². The highest BCUT2D eigenvalue weighted by Gasteiger charge is 2.02. The fourth-order valence-electron chi connectivity index (χ4n) is 1.37. The molecule has 4 heteroatoms. The zero-order chi connectivity index (χ0) is 10.6. The van der Waals surface area contributed by atoms with E-state index in [9.17, 15) is 4.79 Å². The Morgan fingerprint density at radius 2 is 2.21 bits per heavy atom. The molecule has 0 aliphatic carbocycles. The Morgan fingerprint density at radius 1 is 1.50 bits per heavy atom. The molecule has 0 saturated carbocycles. The number of nitrogen functional groups attached to an aromatic ring is 1. The minimum absolute atomic E-state index is 0.290. The first-order valence-corrected chi connectivity index (χ1v) is 4.97. The number of hydrogen-bond acceptors (Lipinski definition) is 3. The maximum absolute atomic E-state index is 11.1. The van der Waals surface area contributed by atoms with Gasteiger partial charge in [0.1, 0.15) is 5.82 Å². The summed E-state index contributed by atoms with van der Waals surface area (Å²) < 4.78 is 1.47. The van der Waals surface area contributed by atoms with Gasteiger partial charge in [-0.2, -0.15) is 4.98 Å². The van der Waals surface area contributed by atoms with Gasteiger partial charge in [-0.3, -0.25) is 0 Å². The lowest BCUT2D eigenvalue weighted by molar-refractivity contribution is 0.704. The molecule has 1 aromatic rings. The van der Waals surface area contributed by atoms with E-state index in [1.54, 1.807) is 13.2 Å². The zero-order valence-electron chi connectivity index (χ0n) is 8.79. The van der Waals surface area contributed by atoms with Crippen LogP contribution in [-0.2, 0) is 13.5 Å². The van der Waals surface area contributed by atoms with Crippen molar-refractivity contribution in [3.8, 4) is 0 Å². The SMILES string of the molecule is CCCCCc1cn(C)c(=O)nc1N. The molecule has 0 aliphatic rings. The zero-order valence-corrected chi connectivity index (χ0v) is 8.79. The van der Waals surface area contributed by atoms with Crippen LogP contribution in [0, 0.1) is 0 Å². The van der Waals surface area contributed by atoms with Gasteiger partial charge in [0.15, 0.2) is 0 Å². The highest BCUT2D eigenvalue weighted by Crippen LogP contribution is 2.09. The smallest absolute Gasteiger partial charge is 0.349 e. The highest BCUT2D eigenvalue weighted by molar-refractivity contribution is 5.36. The molecule has 0 unspecified atom stereocenters. The van der Waals surface area contributed by atoms with Crippen LogP contribution in [0.4, 0.5) is 5.82 Å². The number of rotatable bonds is 4. The molecule has 0 amide bonds. The monoisotopic (exact) mass is 195 g/mol. The molecule has 0 aliphatic heterocycles. The van der Waals surface area contributed by atoms with E-state index in [0.717, 1.165) is 18.4 Å². The number of unbranched alkanes of at least 4 members (excludes halogenated alkanes) is 2. The molecule has 1 rings (SSSR count). The van der Waals surface area contributed by atoms with Crippen LogP contribution in [0.1, 0.15) is 31.7 Å². The lowest BCUT2D eigenvalue weighted by atomic mass is 10.1. The molecule has 0 saturated heterocycles. The first kappa shape index (κ1) is 10.8.